The number of hydrogen-bond donors (Lipinski definition) is 2. The molecule has 0 aromatic heterocycles. The zero-order chi connectivity index (χ0) is 20.7. The molecule has 26 heavy (non-hydrogen) atoms. The number of aromatic hydroxyl groups is 1. The second-order valence-corrected chi connectivity index (χ2v) is 9.21. The van der Waals surface area contributed by atoms with E-state index in [4.69, 9.17) is 0 Å². The molecule has 0 heterocycles. The summed E-state index contributed by atoms with van der Waals surface area (Å²) in [5.41, 5.74) is 2.68. The Kier molecular flexibility index (Phi) is 9.58. The minimum absolute atomic E-state index is 0.00932. The van der Waals surface area contributed by atoms with E-state index in [0.717, 1.165) is 17.5 Å². The number of aliphatic imine (C=N–C) groups is 1. The third kappa shape index (κ3) is 7.49. The number of phenolic OH excluding ortho intramolecular Hbond substituents is 1. The Hall–Kier alpha value is -1.35. The molecule has 0 amide bonds. The molecule has 3 nitrogen and oxygen atoms in total. The summed E-state index contributed by atoms with van der Waals surface area (Å²) < 4.78 is 0. The third-order valence-electron chi connectivity index (χ3n) is 4.19. The summed E-state index contributed by atoms with van der Waals surface area (Å²) in [6.07, 6.45) is 2.56. The monoisotopic (exact) mass is 363 g/mol. The lowest BCUT2D eigenvalue weighted by Crippen LogP contribution is -2.18. The number of hydrogen-bond acceptors (Lipinski definition) is 3. The van der Waals surface area contributed by atoms with Gasteiger partial charge in [-0.25, -0.2) is 0 Å². The van der Waals surface area contributed by atoms with Gasteiger partial charge in [-0.3, -0.25) is 4.99 Å². The van der Waals surface area contributed by atoms with E-state index in [1.807, 2.05) is 19.9 Å². The normalized spacial score (nSPS) is 13.7. The van der Waals surface area contributed by atoms with Crippen LogP contribution in [-0.2, 0) is 10.8 Å². The fraction of sp³-hybridized carbons (Fsp3) is 0.696. The van der Waals surface area contributed by atoms with Gasteiger partial charge in [0.1, 0.15) is 5.75 Å². The van der Waals surface area contributed by atoms with Gasteiger partial charge in [-0.05, 0) is 34.8 Å². The molecule has 1 aromatic carbocycles. The summed E-state index contributed by atoms with van der Waals surface area (Å²) >= 11 is 0. The number of aliphatic hydroxyl groups is 1. The molecule has 0 bridgehead atoms. The first-order chi connectivity index (χ1) is 11.9. The second kappa shape index (κ2) is 10.1. The lowest BCUT2D eigenvalue weighted by molar-refractivity contribution is 0.251. The van der Waals surface area contributed by atoms with Crippen LogP contribution in [0.15, 0.2) is 17.1 Å². The van der Waals surface area contributed by atoms with E-state index >= 15 is 0 Å². The SMILES string of the molecule is CC.CC(C)CC(CO)N=Cc1cc(C(C)(C)C)cc(C(C)(C)C)c1O. The van der Waals surface area contributed by atoms with Gasteiger partial charge in [-0.2, -0.15) is 0 Å². The van der Waals surface area contributed by atoms with Crippen LogP contribution in [0.25, 0.3) is 0 Å². The van der Waals surface area contributed by atoms with E-state index < -0.39 is 0 Å². The van der Waals surface area contributed by atoms with Gasteiger partial charge >= 0.3 is 0 Å². The van der Waals surface area contributed by atoms with Crippen molar-refractivity contribution in [2.75, 3.05) is 6.61 Å². The number of benzene rings is 1. The smallest absolute Gasteiger partial charge is 0.128 e. The predicted molar refractivity (Wildman–Crippen MR) is 115 cm³/mol. The molecule has 2 N–H and O–H groups in total. The molecule has 0 saturated carbocycles. The van der Waals surface area contributed by atoms with Crippen LogP contribution in [0, 0.1) is 5.92 Å². The first-order valence-corrected chi connectivity index (χ1v) is 9.88. The van der Waals surface area contributed by atoms with E-state index in [9.17, 15) is 10.2 Å². The van der Waals surface area contributed by atoms with Gasteiger partial charge in [0, 0.05) is 17.3 Å². The first-order valence-electron chi connectivity index (χ1n) is 9.88. The maximum absolute atomic E-state index is 10.7. The van der Waals surface area contributed by atoms with Crippen LogP contribution < -0.4 is 0 Å². The van der Waals surface area contributed by atoms with Crippen molar-refractivity contribution in [1.29, 1.82) is 0 Å². The average Bonchev–Trinajstić information content (AvgIpc) is 2.51. The first kappa shape index (κ1) is 24.7. The van der Waals surface area contributed by atoms with Crippen LogP contribution in [0.3, 0.4) is 0 Å². The zero-order valence-electron chi connectivity index (χ0n) is 18.6. The maximum atomic E-state index is 10.7. The summed E-state index contributed by atoms with van der Waals surface area (Å²) in [5.74, 6) is 0.763. The Morgan fingerprint density at radius 1 is 1.00 bits per heavy atom. The Morgan fingerprint density at radius 3 is 1.92 bits per heavy atom. The molecule has 150 valence electrons. The third-order valence-corrected chi connectivity index (χ3v) is 4.19. The summed E-state index contributed by atoms with van der Waals surface area (Å²) in [5, 5.41) is 20.2. The molecule has 0 aliphatic carbocycles. The molecule has 3 heteroatoms. The topological polar surface area (TPSA) is 52.8 Å². The molecule has 0 fully saturated rings. The van der Waals surface area contributed by atoms with Crippen molar-refractivity contribution >= 4 is 6.21 Å². The van der Waals surface area contributed by atoms with Gasteiger partial charge in [0.05, 0.1) is 12.6 Å². The van der Waals surface area contributed by atoms with Crippen LogP contribution in [0.4, 0.5) is 0 Å². The van der Waals surface area contributed by atoms with E-state index in [2.05, 4.69) is 66.4 Å². The summed E-state index contributed by atoms with van der Waals surface area (Å²) in [6, 6.07) is 3.99. The predicted octanol–water partition coefficient (Wildman–Crippen LogP) is 5.84. The van der Waals surface area contributed by atoms with Gasteiger partial charge in [0.15, 0.2) is 0 Å². The van der Waals surface area contributed by atoms with E-state index in [-0.39, 0.29) is 23.5 Å². The molecular weight excluding hydrogens is 322 g/mol. The van der Waals surface area contributed by atoms with Gasteiger partial charge in [0.25, 0.3) is 0 Å². The van der Waals surface area contributed by atoms with Crippen molar-refractivity contribution in [3.63, 3.8) is 0 Å². The molecular formula is C23H41NO2. The van der Waals surface area contributed by atoms with Crippen molar-refractivity contribution in [2.24, 2.45) is 10.9 Å². The minimum atomic E-state index is -0.151. The molecule has 1 unspecified atom stereocenters. The minimum Gasteiger partial charge on any atom is -0.507 e. The van der Waals surface area contributed by atoms with E-state index in [1.165, 1.54) is 5.56 Å². The lowest BCUT2D eigenvalue weighted by atomic mass is 9.79. The van der Waals surface area contributed by atoms with Gasteiger partial charge in [0.2, 0.25) is 0 Å². The molecule has 0 radical (unpaired) electrons. The van der Waals surface area contributed by atoms with Crippen molar-refractivity contribution in [3.8, 4) is 5.75 Å². The van der Waals surface area contributed by atoms with E-state index in [0.29, 0.717) is 11.7 Å². The molecule has 1 atom stereocenters. The number of nitrogens with zero attached hydrogens (tertiary/aromatic N) is 1. The van der Waals surface area contributed by atoms with Crippen LogP contribution >= 0.6 is 0 Å². The van der Waals surface area contributed by atoms with Crippen molar-refractivity contribution in [2.45, 2.75) is 92.5 Å². The summed E-state index contributed by atoms with van der Waals surface area (Å²) in [6.45, 7) is 21.1. The lowest BCUT2D eigenvalue weighted by Gasteiger charge is -2.27. The second-order valence-electron chi connectivity index (χ2n) is 9.21. The highest BCUT2D eigenvalue weighted by Crippen LogP contribution is 2.37. The fourth-order valence-electron chi connectivity index (χ4n) is 2.67. The molecule has 0 saturated heterocycles. The highest BCUT2D eigenvalue weighted by molar-refractivity contribution is 5.85. The van der Waals surface area contributed by atoms with Gasteiger partial charge in [-0.15, -0.1) is 0 Å². The summed E-state index contributed by atoms with van der Waals surface area (Å²) in [7, 11) is 0. The molecule has 0 aliphatic rings. The van der Waals surface area contributed by atoms with Gasteiger partial charge in [-0.1, -0.05) is 75.3 Å². The van der Waals surface area contributed by atoms with Crippen LogP contribution in [-0.4, -0.2) is 29.1 Å². The number of aliphatic hydroxyl groups excluding tert-OH is 1. The average molecular weight is 364 g/mol. The molecule has 0 aliphatic heterocycles. The summed E-state index contributed by atoms with van der Waals surface area (Å²) in [4.78, 5) is 4.52. The van der Waals surface area contributed by atoms with Crippen LogP contribution in [0.5, 0.6) is 5.75 Å². The highest BCUT2D eigenvalue weighted by Gasteiger charge is 2.24. The van der Waals surface area contributed by atoms with Crippen LogP contribution in [0.2, 0.25) is 0 Å². The number of rotatable bonds is 5. The Labute approximate surface area is 161 Å². The van der Waals surface area contributed by atoms with Crippen molar-refractivity contribution < 1.29 is 10.2 Å². The highest BCUT2D eigenvalue weighted by atomic mass is 16.3. The fourth-order valence-corrected chi connectivity index (χ4v) is 2.67. The molecule has 0 spiro atoms. The quantitative estimate of drug-likeness (QED) is 0.646. The van der Waals surface area contributed by atoms with E-state index in [1.54, 1.807) is 6.21 Å². The Balaban J connectivity index is 0.00000301. The maximum Gasteiger partial charge on any atom is 0.128 e. The van der Waals surface area contributed by atoms with Crippen LogP contribution in [0.1, 0.15) is 92.3 Å². The largest absolute Gasteiger partial charge is 0.507 e. The number of phenols is 1. The molecule has 1 aromatic rings. The Bertz CT molecular complexity index is 575. The van der Waals surface area contributed by atoms with Gasteiger partial charge < -0.3 is 10.2 Å². The zero-order valence-corrected chi connectivity index (χ0v) is 18.6. The Morgan fingerprint density at radius 2 is 1.54 bits per heavy atom. The van der Waals surface area contributed by atoms with Crippen molar-refractivity contribution in [1.82, 2.24) is 0 Å². The van der Waals surface area contributed by atoms with Crippen molar-refractivity contribution in [3.05, 3.63) is 28.8 Å². The molecule has 1 rings (SSSR count). The standard InChI is InChI=1S/C21H35NO2.C2H6/c1-14(2)9-17(13-23)22-12-15-10-16(20(3,4)5)11-18(19(15)24)21(6,7)8;1-2/h10-12,14,17,23-24H,9,13H2,1-8H3;1-2H3.